The van der Waals surface area contributed by atoms with Gasteiger partial charge in [0, 0.05) is 0 Å². The van der Waals surface area contributed by atoms with Crippen LogP contribution < -0.4 is 5.73 Å². The molecule has 1 aromatic rings. The van der Waals surface area contributed by atoms with Crippen molar-refractivity contribution >= 4 is 6.41 Å². The predicted octanol–water partition coefficient (Wildman–Crippen LogP) is 2.48. The second kappa shape index (κ2) is 6.86. The van der Waals surface area contributed by atoms with Crippen LogP contribution in [0.4, 0.5) is 0 Å². The highest BCUT2D eigenvalue weighted by Crippen LogP contribution is 2.54. The molecule has 0 unspecified atom stereocenters. The standard InChI is InChI=1S/C16H24N2O2/c1-2-16(9-10-16)15(8-11-17)18(13-19)20-12-14-6-4-3-5-7-14/h3-7,13,15H,2,8-12,17H2,1H3/t15-/m0/s1. The third-order valence-electron chi connectivity index (χ3n) is 4.38. The molecule has 0 spiro atoms. The van der Waals surface area contributed by atoms with Gasteiger partial charge in [-0.3, -0.25) is 9.63 Å². The van der Waals surface area contributed by atoms with Crippen LogP contribution in [0, 0.1) is 5.41 Å². The van der Waals surface area contributed by atoms with Crippen molar-refractivity contribution in [1.29, 1.82) is 0 Å². The maximum absolute atomic E-state index is 11.4. The topological polar surface area (TPSA) is 55.6 Å². The normalized spacial score (nSPS) is 17.5. The molecule has 0 aromatic heterocycles. The first-order chi connectivity index (χ1) is 9.75. The fourth-order valence-electron chi connectivity index (χ4n) is 2.86. The molecular formula is C16H24N2O2. The van der Waals surface area contributed by atoms with Crippen LogP contribution in [0.5, 0.6) is 0 Å². The van der Waals surface area contributed by atoms with Crippen molar-refractivity contribution < 1.29 is 9.63 Å². The first-order valence-corrected chi connectivity index (χ1v) is 7.36. The van der Waals surface area contributed by atoms with Crippen LogP contribution in [-0.2, 0) is 16.2 Å². The maximum Gasteiger partial charge on any atom is 0.233 e. The van der Waals surface area contributed by atoms with Gasteiger partial charge in [-0.25, -0.2) is 5.06 Å². The van der Waals surface area contributed by atoms with Crippen LogP contribution in [0.3, 0.4) is 0 Å². The Bertz CT molecular complexity index is 418. The zero-order chi connectivity index (χ0) is 14.4. The van der Waals surface area contributed by atoms with Gasteiger partial charge in [-0.05, 0) is 43.2 Å². The number of carbonyl (C=O) groups excluding carboxylic acids is 1. The van der Waals surface area contributed by atoms with E-state index in [1.54, 1.807) is 0 Å². The van der Waals surface area contributed by atoms with Crippen LogP contribution >= 0.6 is 0 Å². The zero-order valence-corrected chi connectivity index (χ0v) is 12.1. The average Bonchev–Trinajstić information content (AvgIpc) is 3.29. The quantitative estimate of drug-likeness (QED) is 0.557. The Morgan fingerprint density at radius 3 is 2.60 bits per heavy atom. The highest BCUT2D eigenvalue weighted by Gasteiger charge is 2.50. The molecule has 110 valence electrons. The van der Waals surface area contributed by atoms with Crippen molar-refractivity contribution in [3.8, 4) is 0 Å². The van der Waals surface area contributed by atoms with Crippen molar-refractivity contribution in [3.63, 3.8) is 0 Å². The van der Waals surface area contributed by atoms with E-state index in [-0.39, 0.29) is 11.5 Å². The summed E-state index contributed by atoms with van der Waals surface area (Å²) in [6, 6.07) is 9.99. The molecule has 0 saturated heterocycles. The van der Waals surface area contributed by atoms with E-state index in [9.17, 15) is 4.79 Å². The van der Waals surface area contributed by atoms with Gasteiger partial charge >= 0.3 is 0 Å². The van der Waals surface area contributed by atoms with E-state index >= 15 is 0 Å². The summed E-state index contributed by atoms with van der Waals surface area (Å²) in [7, 11) is 0. The molecule has 0 radical (unpaired) electrons. The lowest BCUT2D eigenvalue weighted by Gasteiger charge is -2.33. The molecule has 1 aliphatic rings. The molecule has 0 heterocycles. The van der Waals surface area contributed by atoms with Crippen molar-refractivity contribution in [2.75, 3.05) is 6.54 Å². The van der Waals surface area contributed by atoms with E-state index in [1.807, 2.05) is 30.3 Å². The van der Waals surface area contributed by atoms with E-state index in [0.29, 0.717) is 13.2 Å². The molecule has 2 rings (SSSR count). The Hall–Kier alpha value is -1.39. The monoisotopic (exact) mass is 276 g/mol. The molecule has 1 atom stereocenters. The fourth-order valence-corrected chi connectivity index (χ4v) is 2.86. The molecule has 1 aliphatic carbocycles. The number of benzene rings is 1. The Balaban J connectivity index is 1.99. The van der Waals surface area contributed by atoms with E-state index in [2.05, 4.69) is 6.92 Å². The predicted molar refractivity (Wildman–Crippen MR) is 78.6 cm³/mol. The van der Waals surface area contributed by atoms with Crippen LogP contribution in [-0.4, -0.2) is 24.1 Å². The number of rotatable bonds is 9. The summed E-state index contributed by atoms with van der Waals surface area (Å²) in [6.45, 7) is 3.17. The first kappa shape index (κ1) is 15.0. The van der Waals surface area contributed by atoms with Crippen LogP contribution in [0.25, 0.3) is 0 Å². The van der Waals surface area contributed by atoms with Gasteiger partial charge in [0.15, 0.2) is 0 Å². The van der Waals surface area contributed by atoms with Gasteiger partial charge in [-0.15, -0.1) is 0 Å². The van der Waals surface area contributed by atoms with Gasteiger partial charge in [-0.2, -0.15) is 0 Å². The van der Waals surface area contributed by atoms with Crippen molar-refractivity contribution in [3.05, 3.63) is 35.9 Å². The lowest BCUT2D eigenvalue weighted by Crippen LogP contribution is -2.42. The number of carbonyl (C=O) groups is 1. The molecule has 1 amide bonds. The van der Waals surface area contributed by atoms with E-state index < -0.39 is 0 Å². The molecule has 1 saturated carbocycles. The number of hydroxylamine groups is 2. The molecule has 1 aromatic carbocycles. The molecule has 4 nitrogen and oxygen atoms in total. The van der Waals surface area contributed by atoms with Gasteiger partial charge in [-0.1, -0.05) is 37.3 Å². The fraction of sp³-hybridized carbons (Fsp3) is 0.562. The average molecular weight is 276 g/mol. The summed E-state index contributed by atoms with van der Waals surface area (Å²) in [4.78, 5) is 17.1. The smallest absolute Gasteiger partial charge is 0.233 e. The van der Waals surface area contributed by atoms with E-state index in [4.69, 9.17) is 10.6 Å². The van der Waals surface area contributed by atoms with Gasteiger partial charge < -0.3 is 5.73 Å². The number of hydrogen-bond acceptors (Lipinski definition) is 3. The molecule has 20 heavy (non-hydrogen) atoms. The SMILES string of the molecule is CCC1([C@H](CCN)N(C=O)OCc2ccccc2)CC1. The summed E-state index contributed by atoms with van der Waals surface area (Å²) in [5, 5.41) is 1.50. The van der Waals surface area contributed by atoms with Crippen LogP contribution in [0.2, 0.25) is 0 Å². The largest absolute Gasteiger partial charge is 0.330 e. The van der Waals surface area contributed by atoms with E-state index in [1.165, 1.54) is 5.06 Å². The van der Waals surface area contributed by atoms with Crippen molar-refractivity contribution in [1.82, 2.24) is 5.06 Å². The molecule has 4 heteroatoms. The van der Waals surface area contributed by atoms with Gasteiger partial charge in [0.25, 0.3) is 0 Å². The lowest BCUT2D eigenvalue weighted by molar-refractivity contribution is -0.202. The minimum Gasteiger partial charge on any atom is -0.330 e. The summed E-state index contributed by atoms with van der Waals surface area (Å²) in [5.74, 6) is 0. The third kappa shape index (κ3) is 3.38. The summed E-state index contributed by atoms with van der Waals surface area (Å²) < 4.78 is 0. The van der Waals surface area contributed by atoms with Crippen molar-refractivity contribution in [2.45, 2.75) is 45.3 Å². The summed E-state index contributed by atoms with van der Waals surface area (Å²) in [5.41, 5.74) is 6.99. The Morgan fingerprint density at radius 1 is 1.40 bits per heavy atom. The van der Waals surface area contributed by atoms with Crippen LogP contribution in [0.1, 0.15) is 38.2 Å². The van der Waals surface area contributed by atoms with Crippen molar-refractivity contribution in [2.24, 2.45) is 11.1 Å². The Kier molecular flexibility index (Phi) is 5.15. The highest BCUT2D eigenvalue weighted by atomic mass is 16.7. The summed E-state index contributed by atoms with van der Waals surface area (Å²) >= 11 is 0. The third-order valence-corrected chi connectivity index (χ3v) is 4.38. The van der Waals surface area contributed by atoms with Gasteiger partial charge in [0.1, 0.15) is 6.61 Å². The number of amides is 1. The minimum atomic E-state index is 0.0960. The van der Waals surface area contributed by atoms with Gasteiger partial charge in [0.2, 0.25) is 6.41 Å². The molecule has 1 fully saturated rings. The lowest BCUT2D eigenvalue weighted by atomic mass is 9.91. The minimum absolute atomic E-state index is 0.0960. The number of nitrogens with zero attached hydrogens (tertiary/aromatic N) is 1. The molecule has 0 aliphatic heterocycles. The Morgan fingerprint density at radius 2 is 2.10 bits per heavy atom. The number of hydrogen-bond donors (Lipinski definition) is 1. The second-order valence-corrected chi connectivity index (χ2v) is 5.53. The molecular weight excluding hydrogens is 252 g/mol. The second-order valence-electron chi connectivity index (χ2n) is 5.53. The maximum atomic E-state index is 11.4. The molecule has 0 bridgehead atoms. The van der Waals surface area contributed by atoms with E-state index in [0.717, 1.165) is 37.7 Å². The highest BCUT2D eigenvalue weighted by molar-refractivity contribution is 5.46. The van der Waals surface area contributed by atoms with Gasteiger partial charge in [0.05, 0.1) is 6.04 Å². The summed E-state index contributed by atoms with van der Waals surface area (Å²) in [6.07, 6.45) is 4.98. The molecule has 2 N–H and O–H groups in total. The Labute approximate surface area is 120 Å². The number of nitrogens with two attached hydrogens (primary N) is 1. The first-order valence-electron chi connectivity index (χ1n) is 7.36. The van der Waals surface area contributed by atoms with Crippen LogP contribution in [0.15, 0.2) is 30.3 Å². The zero-order valence-electron chi connectivity index (χ0n) is 12.1.